The molecule has 0 aromatic carbocycles. The maximum atomic E-state index is 13.3. The second kappa shape index (κ2) is 3.91. The van der Waals surface area contributed by atoms with Gasteiger partial charge in [-0.1, -0.05) is 19.8 Å². The average molecular weight is 257 g/mol. The van der Waals surface area contributed by atoms with E-state index in [0.29, 0.717) is 6.54 Å². The summed E-state index contributed by atoms with van der Waals surface area (Å²) in [5, 5.41) is 0. The lowest BCUT2D eigenvalue weighted by Gasteiger charge is -2.40. The van der Waals surface area contributed by atoms with Crippen LogP contribution in [0.2, 0.25) is 0 Å². The summed E-state index contributed by atoms with van der Waals surface area (Å²) < 4.78 is 26.6. The van der Waals surface area contributed by atoms with Crippen LogP contribution in [0.1, 0.15) is 45.4 Å². The maximum absolute atomic E-state index is 13.3. The lowest BCUT2D eigenvalue weighted by atomic mass is 9.78. The maximum Gasteiger partial charge on any atom is 0.263 e. The summed E-state index contributed by atoms with van der Waals surface area (Å²) in [5.74, 6) is -4.84. The van der Waals surface area contributed by atoms with E-state index in [2.05, 4.69) is 0 Å². The fourth-order valence-corrected chi connectivity index (χ4v) is 3.98. The molecule has 18 heavy (non-hydrogen) atoms. The molecule has 2 unspecified atom stereocenters. The van der Waals surface area contributed by atoms with Gasteiger partial charge < -0.3 is 4.90 Å². The number of hydrogen-bond acceptors (Lipinski definition) is 1. The Kier molecular flexibility index (Phi) is 2.69. The molecule has 0 aromatic rings. The molecule has 2 nitrogen and oxygen atoms in total. The lowest BCUT2D eigenvalue weighted by molar-refractivity contribution is -0.138. The Labute approximate surface area is 107 Å². The van der Waals surface area contributed by atoms with Crippen molar-refractivity contribution in [3.63, 3.8) is 0 Å². The fourth-order valence-electron chi connectivity index (χ4n) is 3.98. The van der Waals surface area contributed by atoms with Gasteiger partial charge in [-0.15, -0.1) is 0 Å². The number of rotatable bonds is 1. The van der Waals surface area contributed by atoms with Gasteiger partial charge in [0, 0.05) is 19.0 Å². The molecule has 3 aliphatic rings. The van der Waals surface area contributed by atoms with Gasteiger partial charge in [-0.05, 0) is 31.1 Å². The van der Waals surface area contributed by atoms with Gasteiger partial charge in [-0.25, -0.2) is 8.78 Å². The number of piperidine rings is 1. The highest BCUT2D eigenvalue weighted by molar-refractivity contribution is 5.83. The minimum absolute atomic E-state index is 0.265. The van der Waals surface area contributed by atoms with E-state index in [0.717, 1.165) is 13.0 Å². The van der Waals surface area contributed by atoms with Gasteiger partial charge in [-0.3, -0.25) is 4.79 Å². The summed E-state index contributed by atoms with van der Waals surface area (Å²) in [7, 11) is 0. The van der Waals surface area contributed by atoms with Crippen LogP contribution in [0.4, 0.5) is 8.78 Å². The number of halogens is 2. The van der Waals surface area contributed by atoms with Gasteiger partial charge in [0.2, 0.25) is 5.91 Å². The Morgan fingerprint density at radius 3 is 2.28 bits per heavy atom. The van der Waals surface area contributed by atoms with Crippen molar-refractivity contribution in [1.82, 2.24) is 4.90 Å². The molecule has 2 atom stereocenters. The monoisotopic (exact) mass is 257 g/mol. The number of carbonyl (C=O) groups excluding carboxylic acids is 1. The summed E-state index contributed by atoms with van der Waals surface area (Å²) in [6, 6.07) is 0. The molecule has 102 valence electrons. The van der Waals surface area contributed by atoms with Crippen LogP contribution in [-0.2, 0) is 4.79 Å². The Balaban J connectivity index is 1.68. The molecular weight excluding hydrogens is 236 g/mol. The smallest absolute Gasteiger partial charge is 0.263 e. The first kappa shape index (κ1) is 12.4. The van der Waals surface area contributed by atoms with Crippen LogP contribution in [0.15, 0.2) is 0 Å². The van der Waals surface area contributed by atoms with E-state index < -0.39 is 17.8 Å². The topological polar surface area (TPSA) is 20.3 Å². The predicted octanol–water partition coefficient (Wildman–Crippen LogP) is 3.07. The Morgan fingerprint density at radius 2 is 1.72 bits per heavy atom. The molecule has 1 aliphatic heterocycles. The van der Waals surface area contributed by atoms with Crippen LogP contribution in [0.3, 0.4) is 0 Å². The number of alkyl halides is 2. The third-order valence-corrected chi connectivity index (χ3v) is 5.32. The molecule has 0 aromatic heterocycles. The molecule has 2 aliphatic carbocycles. The molecule has 1 spiro atoms. The van der Waals surface area contributed by atoms with Crippen LogP contribution >= 0.6 is 0 Å². The summed E-state index contributed by atoms with van der Waals surface area (Å²) in [4.78, 5) is 13.9. The van der Waals surface area contributed by atoms with E-state index >= 15 is 0 Å². The Morgan fingerprint density at radius 1 is 1.17 bits per heavy atom. The fraction of sp³-hybridized carbons (Fsp3) is 0.929. The van der Waals surface area contributed by atoms with E-state index in [4.69, 9.17) is 0 Å². The van der Waals surface area contributed by atoms with Crippen LogP contribution in [-0.4, -0.2) is 29.8 Å². The van der Waals surface area contributed by atoms with E-state index in [1.807, 2.05) is 0 Å². The van der Waals surface area contributed by atoms with Gasteiger partial charge in [0.05, 0.1) is 0 Å². The zero-order chi connectivity index (χ0) is 13.0. The van der Waals surface area contributed by atoms with Crippen LogP contribution in [0.25, 0.3) is 0 Å². The second-order valence-electron chi connectivity index (χ2n) is 6.51. The molecule has 1 heterocycles. The van der Waals surface area contributed by atoms with E-state index in [9.17, 15) is 13.6 Å². The standard InChI is InChI=1S/C14H21F2NO/c1-10-11(14(10,15)16)12(18)17-8-4-7-13(9-17)5-2-3-6-13/h10-11H,2-9H2,1H3. The number of likely N-dealkylation sites (tertiary alicyclic amines) is 1. The molecule has 1 amide bonds. The van der Waals surface area contributed by atoms with Gasteiger partial charge in [-0.2, -0.15) is 0 Å². The third kappa shape index (κ3) is 1.76. The summed E-state index contributed by atoms with van der Waals surface area (Å²) in [5.41, 5.74) is 0.265. The van der Waals surface area contributed by atoms with E-state index in [1.165, 1.54) is 39.0 Å². The van der Waals surface area contributed by atoms with Gasteiger partial charge in [0.25, 0.3) is 5.92 Å². The summed E-state index contributed by atoms with van der Waals surface area (Å²) in [6.07, 6.45) is 6.97. The molecule has 4 heteroatoms. The molecule has 1 saturated heterocycles. The molecule has 0 N–H and O–H groups in total. The average Bonchev–Trinajstić information content (AvgIpc) is 2.67. The van der Waals surface area contributed by atoms with Crippen molar-refractivity contribution in [2.24, 2.45) is 17.3 Å². The molecule has 3 fully saturated rings. The molecular formula is C14H21F2NO. The SMILES string of the molecule is CC1C(C(=O)N2CCCC3(CCCC3)C2)C1(F)F. The van der Waals surface area contributed by atoms with Crippen LogP contribution in [0.5, 0.6) is 0 Å². The molecule has 2 saturated carbocycles. The highest BCUT2D eigenvalue weighted by atomic mass is 19.3. The first-order valence-electron chi connectivity index (χ1n) is 7.13. The largest absolute Gasteiger partial charge is 0.342 e. The predicted molar refractivity (Wildman–Crippen MR) is 64.3 cm³/mol. The minimum Gasteiger partial charge on any atom is -0.342 e. The zero-order valence-corrected chi connectivity index (χ0v) is 10.9. The number of hydrogen-bond donors (Lipinski definition) is 0. The minimum atomic E-state index is -2.75. The lowest BCUT2D eigenvalue weighted by Crippen LogP contribution is -2.46. The summed E-state index contributed by atoms with van der Waals surface area (Å²) >= 11 is 0. The van der Waals surface area contributed by atoms with Crippen molar-refractivity contribution in [3.8, 4) is 0 Å². The molecule has 3 rings (SSSR count). The highest BCUT2D eigenvalue weighted by Gasteiger charge is 2.70. The van der Waals surface area contributed by atoms with Gasteiger partial charge >= 0.3 is 0 Å². The Hall–Kier alpha value is -0.670. The first-order valence-corrected chi connectivity index (χ1v) is 7.13. The zero-order valence-electron chi connectivity index (χ0n) is 10.9. The van der Waals surface area contributed by atoms with Crippen molar-refractivity contribution in [2.45, 2.75) is 51.4 Å². The highest BCUT2D eigenvalue weighted by Crippen LogP contribution is 2.56. The van der Waals surface area contributed by atoms with Crippen LogP contribution in [0, 0.1) is 17.3 Å². The third-order valence-electron chi connectivity index (χ3n) is 5.32. The van der Waals surface area contributed by atoms with E-state index in [1.54, 1.807) is 4.90 Å². The number of nitrogens with zero attached hydrogens (tertiary/aromatic N) is 1. The first-order chi connectivity index (χ1) is 8.46. The van der Waals surface area contributed by atoms with Crippen molar-refractivity contribution < 1.29 is 13.6 Å². The van der Waals surface area contributed by atoms with Gasteiger partial charge in [0.15, 0.2) is 0 Å². The van der Waals surface area contributed by atoms with Crippen LogP contribution < -0.4 is 0 Å². The number of carbonyl (C=O) groups is 1. The van der Waals surface area contributed by atoms with Crippen molar-refractivity contribution in [3.05, 3.63) is 0 Å². The second-order valence-corrected chi connectivity index (χ2v) is 6.51. The molecule has 0 bridgehead atoms. The van der Waals surface area contributed by atoms with Crippen molar-refractivity contribution >= 4 is 5.91 Å². The quantitative estimate of drug-likeness (QED) is 0.707. The Bertz CT molecular complexity index is 363. The number of amides is 1. The van der Waals surface area contributed by atoms with Crippen molar-refractivity contribution in [2.75, 3.05) is 13.1 Å². The van der Waals surface area contributed by atoms with Crippen molar-refractivity contribution in [1.29, 1.82) is 0 Å². The van der Waals surface area contributed by atoms with Gasteiger partial charge in [0.1, 0.15) is 5.92 Å². The normalized spacial score (nSPS) is 36.9. The molecule has 0 radical (unpaired) electrons. The summed E-state index contributed by atoms with van der Waals surface area (Å²) in [6.45, 7) is 2.89. The van der Waals surface area contributed by atoms with E-state index in [-0.39, 0.29) is 11.3 Å².